The molecule has 0 saturated heterocycles. The second-order valence-corrected chi connectivity index (χ2v) is 3.12. The lowest BCUT2D eigenvalue weighted by molar-refractivity contribution is 0.764. The molecule has 0 heterocycles. The molecule has 1 heteroatoms. The predicted molar refractivity (Wildman–Crippen MR) is 45.9 cm³/mol. The molecule has 0 aromatic carbocycles. The van der Waals surface area contributed by atoms with E-state index in [-0.39, 0.29) is 0 Å². The number of hydrogen-bond acceptors (Lipinski definition) is 1. The second kappa shape index (κ2) is 3.39. The summed E-state index contributed by atoms with van der Waals surface area (Å²) in [6.07, 6.45) is 6.34. The standard InChI is InChI=1S/C10H13N/c1-8(2)10-6-4-3-5-9(10)7-11/h5-6,8H,3-4H2,1-2H3. The minimum Gasteiger partial charge on any atom is -0.192 e. The quantitative estimate of drug-likeness (QED) is 0.559. The molecule has 0 N–H and O–H groups in total. The van der Waals surface area contributed by atoms with Gasteiger partial charge < -0.3 is 0 Å². The average molecular weight is 147 g/mol. The van der Waals surface area contributed by atoms with Gasteiger partial charge in [-0.1, -0.05) is 26.0 Å². The molecule has 0 atom stereocenters. The highest BCUT2D eigenvalue weighted by Crippen LogP contribution is 2.24. The van der Waals surface area contributed by atoms with Crippen LogP contribution in [0.4, 0.5) is 0 Å². The molecule has 0 aromatic heterocycles. The van der Waals surface area contributed by atoms with Crippen molar-refractivity contribution in [1.29, 1.82) is 5.26 Å². The summed E-state index contributed by atoms with van der Waals surface area (Å²) in [5.41, 5.74) is 2.10. The van der Waals surface area contributed by atoms with E-state index in [2.05, 4.69) is 26.0 Å². The number of hydrogen-bond donors (Lipinski definition) is 0. The summed E-state index contributed by atoms with van der Waals surface area (Å²) in [4.78, 5) is 0. The summed E-state index contributed by atoms with van der Waals surface area (Å²) in [6, 6.07) is 2.23. The molecular formula is C10H13N. The Bertz CT molecular complexity index is 238. The Kier molecular flexibility index (Phi) is 2.48. The van der Waals surface area contributed by atoms with Crippen molar-refractivity contribution in [2.45, 2.75) is 26.7 Å². The third-order valence-corrected chi connectivity index (χ3v) is 1.93. The van der Waals surface area contributed by atoms with Gasteiger partial charge in [-0.3, -0.25) is 0 Å². The maximum absolute atomic E-state index is 8.75. The largest absolute Gasteiger partial charge is 0.192 e. The van der Waals surface area contributed by atoms with Gasteiger partial charge in [0.2, 0.25) is 0 Å². The maximum atomic E-state index is 8.75. The lowest BCUT2D eigenvalue weighted by Crippen LogP contribution is -2.00. The van der Waals surface area contributed by atoms with Crippen molar-refractivity contribution in [3.8, 4) is 6.07 Å². The first kappa shape index (κ1) is 8.07. The van der Waals surface area contributed by atoms with Gasteiger partial charge in [0.25, 0.3) is 0 Å². The van der Waals surface area contributed by atoms with E-state index in [1.54, 1.807) is 0 Å². The number of allylic oxidation sites excluding steroid dienone is 4. The van der Waals surface area contributed by atoms with Gasteiger partial charge in [0.05, 0.1) is 11.6 Å². The van der Waals surface area contributed by atoms with Crippen LogP contribution in [0.15, 0.2) is 23.3 Å². The van der Waals surface area contributed by atoms with Gasteiger partial charge in [-0.05, 0) is 24.3 Å². The summed E-state index contributed by atoms with van der Waals surface area (Å²) in [5.74, 6) is 0.487. The van der Waals surface area contributed by atoms with E-state index in [4.69, 9.17) is 5.26 Å². The van der Waals surface area contributed by atoms with Gasteiger partial charge >= 0.3 is 0 Å². The highest BCUT2D eigenvalue weighted by molar-refractivity contribution is 5.44. The highest BCUT2D eigenvalue weighted by atomic mass is 14.3. The molecule has 0 unspecified atom stereocenters. The van der Waals surface area contributed by atoms with E-state index in [0.29, 0.717) is 5.92 Å². The molecule has 0 aliphatic heterocycles. The first-order chi connectivity index (χ1) is 5.25. The van der Waals surface area contributed by atoms with Crippen molar-refractivity contribution in [3.05, 3.63) is 23.3 Å². The molecule has 0 saturated carbocycles. The Labute approximate surface area is 68.0 Å². The molecule has 0 amide bonds. The van der Waals surface area contributed by atoms with Gasteiger partial charge in [0, 0.05) is 0 Å². The SMILES string of the molecule is CC(C)C1=CCCC=C1C#N. The van der Waals surface area contributed by atoms with Crippen LogP contribution < -0.4 is 0 Å². The van der Waals surface area contributed by atoms with E-state index in [0.717, 1.165) is 18.4 Å². The zero-order chi connectivity index (χ0) is 8.27. The van der Waals surface area contributed by atoms with Crippen molar-refractivity contribution < 1.29 is 0 Å². The van der Waals surface area contributed by atoms with Crippen LogP contribution in [-0.2, 0) is 0 Å². The van der Waals surface area contributed by atoms with Crippen molar-refractivity contribution in [3.63, 3.8) is 0 Å². The molecule has 0 fully saturated rings. The number of rotatable bonds is 1. The van der Waals surface area contributed by atoms with Gasteiger partial charge in [0.15, 0.2) is 0 Å². The fraction of sp³-hybridized carbons (Fsp3) is 0.500. The van der Waals surface area contributed by atoms with E-state index >= 15 is 0 Å². The minimum absolute atomic E-state index is 0.487. The Morgan fingerprint density at radius 1 is 1.36 bits per heavy atom. The topological polar surface area (TPSA) is 23.8 Å². The second-order valence-electron chi connectivity index (χ2n) is 3.12. The molecular weight excluding hydrogens is 134 g/mol. The van der Waals surface area contributed by atoms with Gasteiger partial charge in [-0.2, -0.15) is 5.26 Å². The van der Waals surface area contributed by atoms with E-state index in [9.17, 15) is 0 Å². The fourth-order valence-corrected chi connectivity index (χ4v) is 1.35. The molecule has 0 spiro atoms. The summed E-state index contributed by atoms with van der Waals surface area (Å²) in [7, 11) is 0. The number of nitrogens with zero attached hydrogens (tertiary/aromatic N) is 1. The van der Waals surface area contributed by atoms with Crippen molar-refractivity contribution in [1.82, 2.24) is 0 Å². The van der Waals surface area contributed by atoms with Crippen LogP contribution in [-0.4, -0.2) is 0 Å². The summed E-state index contributed by atoms with van der Waals surface area (Å²) >= 11 is 0. The molecule has 58 valence electrons. The summed E-state index contributed by atoms with van der Waals surface area (Å²) in [5, 5.41) is 8.75. The van der Waals surface area contributed by atoms with Gasteiger partial charge in [0.1, 0.15) is 0 Å². The molecule has 1 nitrogen and oxygen atoms in total. The Morgan fingerprint density at radius 3 is 2.45 bits per heavy atom. The molecule has 0 radical (unpaired) electrons. The summed E-state index contributed by atoms with van der Waals surface area (Å²) in [6.45, 7) is 4.25. The van der Waals surface area contributed by atoms with Crippen LogP contribution >= 0.6 is 0 Å². The van der Waals surface area contributed by atoms with Gasteiger partial charge in [-0.15, -0.1) is 0 Å². The first-order valence-electron chi connectivity index (χ1n) is 4.06. The lowest BCUT2D eigenvalue weighted by Gasteiger charge is -2.13. The van der Waals surface area contributed by atoms with Crippen LogP contribution in [0.3, 0.4) is 0 Å². The fourth-order valence-electron chi connectivity index (χ4n) is 1.35. The van der Waals surface area contributed by atoms with Crippen LogP contribution in [0.25, 0.3) is 0 Å². The lowest BCUT2D eigenvalue weighted by atomic mass is 9.90. The molecule has 0 bridgehead atoms. The first-order valence-corrected chi connectivity index (χ1v) is 4.06. The Morgan fingerprint density at radius 2 is 2.00 bits per heavy atom. The summed E-state index contributed by atoms with van der Waals surface area (Å²) < 4.78 is 0. The van der Waals surface area contributed by atoms with Crippen molar-refractivity contribution in [2.24, 2.45) is 5.92 Å². The Balaban J connectivity index is 2.86. The highest BCUT2D eigenvalue weighted by Gasteiger charge is 2.10. The zero-order valence-corrected chi connectivity index (χ0v) is 7.09. The molecule has 11 heavy (non-hydrogen) atoms. The zero-order valence-electron chi connectivity index (χ0n) is 7.09. The number of nitriles is 1. The van der Waals surface area contributed by atoms with Crippen LogP contribution in [0, 0.1) is 17.2 Å². The minimum atomic E-state index is 0.487. The monoisotopic (exact) mass is 147 g/mol. The van der Waals surface area contributed by atoms with Crippen LogP contribution in [0.1, 0.15) is 26.7 Å². The van der Waals surface area contributed by atoms with E-state index in [1.165, 1.54) is 5.57 Å². The third kappa shape index (κ3) is 1.71. The molecule has 1 aliphatic rings. The smallest absolute Gasteiger partial charge is 0.0991 e. The average Bonchev–Trinajstić information content (AvgIpc) is 2.04. The van der Waals surface area contributed by atoms with Crippen molar-refractivity contribution in [2.75, 3.05) is 0 Å². The van der Waals surface area contributed by atoms with Crippen molar-refractivity contribution >= 4 is 0 Å². The molecule has 1 aliphatic carbocycles. The normalized spacial score (nSPS) is 17.3. The van der Waals surface area contributed by atoms with E-state index < -0.39 is 0 Å². The van der Waals surface area contributed by atoms with Crippen LogP contribution in [0.2, 0.25) is 0 Å². The Hall–Kier alpha value is -1.03. The van der Waals surface area contributed by atoms with Crippen LogP contribution in [0.5, 0.6) is 0 Å². The maximum Gasteiger partial charge on any atom is 0.0991 e. The predicted octanol–water partition coefficient (Wildman–Crippen LogP) is 2.81. The molecule has 1 rings (SSSR count). The third-order valence-electron chi connectivity index (χ3n) is 1.93. The van der Waals surface area contributed by atoms with Gasteiger partial charge in [-0.25, -0.2) is 0 Å². The van der Waals surface area contributed by atoms with E-state index in [1.807, 2.05) is 6.08 Å². The molecule has 0 aromatic rings.